The molecule has 10 atom stereocenters. The van der Waals surface area contributed by atoms with Crippen LogP contribution in [0.15, 0.2) is 23.8 Å². The zero-order chi connectivity index (χ0) is 30.7. The number of cyclic esters (lactones) is 1. The van der Waals surface area contributed by atoms with E-state index in [2.05, 4.69) is 4.90 Å². The van der Waals surface area contributed by atoms with Gasteiger partial charge in [0.05, 0.1) is 18.8 Å². The fourth-order valence-corrected chi connectivity index (χ4v) is 6.08. The van der Waals surface area contributed by atoms with E-state index in [0.29, 0.717) is 19.3 Å². The Balaban J connectivity index is 2.46. The summed E-state index contributed by atoms with van der Waals surface area (Å²) in [6.45, 7) is 9.48. The summed E-state index contributed by atoms with van der Waals surface area (Å²) in [5.74, 6) is -1.53. The number of ketones is 1. The van der Waals surface area contributed by atoms with Crippen LogP contribution in [0.25, 0.3) is 0 Å². The number of aliphatic hydroxyl groups is 1. The minimum Gasteiger partial charge on any atom is -0.462 e. The maximum atomic E-state index is 13.1. The van der Waals surface area contributed by atoms with Crippen molar-refractivity contribution in [1.82, 2.24) is 4.90 Å². The van der Waals surface area contributed by atoms with Crippen molar-refractivity contribution < 1.29 is 38.4 Å². The van der Waals surface area contributed by atoms with Crippen LogP contribution in [0.2, 0.25) is 0 Å². The molecule has 1 fully saturated rings. The molecule has 0 aromatic carbocycles. The van der Waals surface area contributed by atoms with Gasteiger partial charge in [-0.2, -0.15) is 0 Å². The average molecular weight is 580 g/mol. The molecule has 2 rings (SSSR count). The predicted molar refractivity (Wildman–Crippen MR) is 157 cm³/mol. The van der Waals surface area contributed by atoms with Crippen molar-refractivity contribution in [2.75, 3.05) is 27.8 Å². The maximum absolute atomic E-state index is 13.1. The van der Waals surface area contributed by atoms with Gasteiger partial charge in [0, 0.05) is 37.8 Å². The molecule has 9 heteroatoms. The number of carbonyl (C=O) groups is 3. The Labute approximate surface area is 246 Å². The molecule has 9 nitrogen and oxygen atoms in total. The second kappa shape index (κ2) is 17.3. The molecule has 1 N–H and O–H groups in total. The third kappa shape index (κ3) is 10.4. The maximum Gasteiger partial charge on any atom is 0.306 e. The third-order valence-electron chi connectivity index (χ3n) is 8.55. The van der Waals surface area contributed by atoms with Crippen LogP contribution in [0.5, 0.6) is 0 Å². The molecule has 41 heavy (non-hydrogen) atoms. The smallest absolute Gasteiger partial charge is 0.306 e. The zero-order valence-electron chi connectivity index (χ0n) is 26.3. The molecule has 2 heterocycles. The van der Waals surface area contributed by atoms with Crippen molar-refractivity contribution >= 4 is 18.0 Å². The minimum atomic E-state index is -0.677. The van der Waals surface area contributed by atoms with E-state index in [0.717, 1.165) is 18.3 Å². The second-order valence-corrected chi connectivity index (χ2v) is 12.1. The number of carbonyl (C=O) groups excluding carboxylic acids is 3. The fourth-order valence-electron chi connectivity index (χ4n) is 6.08. The van der Waals surface area contributed by atoms with Crippen LogP contribution in [0.1, 0.15) is 73.1 Å². The van der Waals surface area contributed by atoms with E-state index < -0.39 is 18.5 Å². The molecule has 0 amide bonds. The van der Waals surface area contributed by atoms with Crippen LogP contribution in [0.4, 0.5) is 0 Å². The Morgan fingerprint density at radius 2 is 1.83 bits per heavy atom. The molecule has 0 aromatic rings. The number of hydrogen-bond acceptors (Lipinski definition) is 9. The largest absolute Gasteiger partial charge is 0.462 e. The van der Waals surface area contributed by atoms with Crippen LogP contribution >= 0.6 is 0 Å². The molecule has 0 aromatic heterocycles. The predicted octanol–water partition coefficient (Wildman–Crippen LogP) is 4.11. The lowest BCUT2D eigenvalue weighted by Crippen LogP contribution is -2.56. The van der Waals surface area contributed by atoms with Crippen molar-refractivity contribution in [1.29, 1.82) is 0 Å². The fraction of sp³-hybridized carbons (Fsp3) is 0.781. The van der Waals surface area contributed by atoms with Gasteiger partial charge < -0.3 is 33.7 Å². The quantitative estimate of drug-likeness (QED) is 0.335. The number of nitrogens with zero attached hydrogens (tertiary/aromatic N) is 1. The van der Waals surface area contributed by atoms with Gasteiger partial charge >= 0.3 is 5.97 Å². The highest BCUT2D eigenvalue weighted by molar-refractivity contribution is 5.91. The number of esters is 1. The molecule has 0 unspecified atom stereocenters. The normalized spacial score (nSPS) is 38.6. The first kappa shape index (κ1) is 35.3. The van der Waals surface area contributed by atoms with Gasteiger partial charge in [-0.15, -0.1) is 0 Å². The summed E-state index contributed by atoms with van der Waals surface area (Å²) >= 11 is 0. The lowest BCUT2D eigenvalue weighted by atomic mass is 9.80. The number of aldehydes is 1. The van der Waals surface area contributed by atoms with Gasteiger partial charge in [0.15, 0.2) is 12.1 Å². The van der Waals surface area contributed by atoms with E-state index in [9.17, 15) is 19.5 Å². The first-order valence-electron chi connectivity index (χ1n) is 15.1. The van der Waals surface area contributed by atoms with Crippen molar-refractivity contribution in [3.8, 4) is 0 Å². The van der Waals surface area contributed by atoms with E-state index in [1.807, 2.05) is 54.8 Å². The zero-order valence-corrected chi connectivity index (χ0v) is 26.3. The SMILES string of the molecule is CC[C@H]1OC(=O)CC[C@H](C)[C@@H](O[C@@H]2O[C@H](C)C[C@H](N(C)C)[C@H]2OC)[C@@H](CC=O)C[C@@H](C)C(=O)/C=C/C(C)=C/[C@@H]1CO. The van der Waals surface area contributed by atoms with Gasteiger partial charge in [0.1, 0.15) is 18.5 Å². The Hall–Kier alpha value is -1.91. The van der Waals surface area contributed by atoms with E-state index in [-0.39, 0.29) is 73.1 Å². The molecular formula is C32H53NO8. The summed E-state index contributed by atoms with van der Waals surface area (Å²) < 4.78 is 24.7. The Kier molecular flexibility index (Phi) is 14.9. The third-order valence-corrected chi connectivity index (χ3v) is 8.55. The van der Waals surface area contributed by atoms with Crippen molar-refractivity contribution in [2.45, 2.75) is 110 Å². The van der Waals surface area contributed by atoms with Gasteiger partial charge in [-0.3, -0.25) is 9.59 Å². The summed E-state index contributed by atoms with van der Waals surface area (Å²) in [7, 11) is 5.65. The van der Waals surface area contributed by atoms with E-state index in [4.69, 9.17) is 18.9 Å². The Morgan fingerprint density at radius 3 is 2.41 bits per heavy atom. The Bertz CT molecular complexity index is 902. The lowest BCUT2D eigenvalue weighted by Gasteiger charge is -2.45. The first-order valence-corrected chi connectivity index (χ1v) is 15.1. The van der Waals surface area contributed by atoms with Crippen molar-refractivity contribution in [3.63, 3.8) is 0 Å². The topological polar surface area (TPSA) is 112 Å². The Morgan fingerprint density at radius 1 is 1.12 bits per heavy atom. The lowest BCUT2D eigenvalue weighted by molar-refractivity contribution is -0.284. The first-order chi connectivity index (χ1) is 19.4. The van der Waals surface area contributed by atoms with Crippen molar-refractivity contribution in [3.05, 3.63) is 23.8 Å². The molecule has 1 saturated heterocycles. The molecule has 0 aliphatic carbocycles. The molecule has 2 aliphatic rings. The van der Waals surface area contributed by atoms with Crippen LogP contribution in [-0.4, -0.2) is 92.6 Å². The summed E-state index contributed by atoms with van der Waals surface area (Å²) in [6, 6.07) is 0.0714. The monoisotopic (exact) mass is 579 g/mol. The van der Waals surface area contributed by atoms with Gasteiger partial charge in [0.25, 0.3) is 0 Å². The van der Waals surface area contributed by atoms with Crippen molar-refractivity contribution in [2.24, 2.45) is 23.7 Å². The van der Waals surface area contributed by atoms with Crippen LogP contribution in [0, 0.1) is 23.7 Å². The van der Waals surface area contributed by atoms with E-state index in [1.165, 1.54) is 0 Å². The standard InChI is InChI=1S/C32H53NO8/c1-9-28-25(19-35)16-20(2)10-12-27(36)22(4)17-24(14-15-34)30(21(3)11-13-29(37)40-28)41-32-31(38-8)26(33(6)7)18-23(5)39-32/h10,12,15-16,21-26,28,30-32,35H,9,11,13-14,17-19H2,1-8H3/b12-10+,20-16+/t21-,22+,23+,24-,25+,26-,28+,30+,31+,32-/m0/s1. The molecule has 0 saturated carbocycles. The van der Waals surface area contributed by atoms with Gasteiger partial charge in [0.2, 0.25) is 0 Å². The van der Waals surface area contributed by atoms with Crippen LogP contribution < -0.4 is 0 Å². The number of ether oxygens (including phenoxy) is 4. The molecule has 2 aliphatic heterocycles. The number of rotatable bonds is 8. The molecule has 234 valence electrons. The highest BCUT2D eigenvalue weighted by atomic mass is 16.7. The summed E-state index contributed by atoms with van der Waals surface area (Å²) in [4.78, 5) is 40.1. The number of methoxy groups -OCH3 is 1. The average Bonchev–Trinajstić information content (AvgIpc) is 2.93. The van der Waals surface area contributed by atoms with Crippen LogP contribution in [-0.2, 0) is 33.3 Å². The number of likely N-dealkylation sites (N-methyl/N-ethyl adjacent to an activating group) is 1. The summed E-state index contributed by atoms with van der Waals surface area (Å²) in [6.07, 6.45) is 6.59. The summed E-state index contributed by atoms with van der Waals surface area (Å²) in [5.41, 5.74) is 0.801. The number of allylic oxidation sites excluding steroid dienone is 3. The van der Waals surface area contributed by atoms with E-state index >= 15 is 0 Å². The highest BCUT2D eigenvalue weighted by Gasteiger charge is 2.43. The highest BCUT2D eigenvalue weighted by Crippen LogP contribution is 2.34. The minimum absolute atomic E-state index is 0.0452. The molecule has 0 bridgehead atoms. The van der Waals surface area contributed by atoms with Crippen LogP contribution in [0.3, 0.4) is 0 Å². The van der Waals surface area contributed by atoms with Gasteiger partial charge in [-0.05, 0) is 71.5 Å². The van der Waals surface area contributed by atoms with E-state index in [1.54, 1.807) is 19.3 Å². The van der Waals surface area contributed by atoms with Gasteiger partial charge in [-0.1, -0.05) is 38.5 Å². The summed E-state index contributed by atoms with van der Waals surface area (Å²) in [5, 5.41) is 10.0. The van der Waals surface area contributed by atoms with Gasteiger partial charge in [-0.25, -0.2) is 0 Å². The molecule has 0 radical (unpaired) electrons. The number of aliphatic hydroxyl groups excluding tert-OH is 1. The molecular weight excluding hydrogens is 526 g/mol. The second-order valence-electron chi connectivity index (χ2n) is 12.1. The molecule has 0 spiro atoms. The number of hydrogen-bond donors (Lipinski definition) is 1.